The second-order valence-corrected chi connectivity index (χ2v) is 7.48. The normalized spacial score (nSPS) is 19.8. The topological polar surface area (TPSA) is 82.2 Å². The molecular formula is C18H20N4O3S. The lowest BCUT2D eigenvalue weighted by Gasteiger charge is -2.17. The number of ether oxygens (including phenoxy) is 1. The Morgan fingerprint density at radius 1 is 1.42 bits per heavy atom. The lowest BCUT2D eigenvalue weighted by atomic mass is 9.98. The van der Waals surface area contributed by atoms with Gasteiger partial charge in [0.1, 0.15) is 5.76 Å². The molecule has 1 amide bonds. The van der Waals surface area contributed by atoms with E-state index < -0.39 is 0 Å². The maximum atomic E-state index is 12.7. The highest BCUT2D eigenvalue weighted by Gasteiger charge is 2.31. The Bertz CT molecular complexity index is 900. The van der Waals surface area contributed by atoms with Gasteiger partial charge in [-0.2, -0.15) is 5.10 Å². The van der Waals surface area contributed by atoms with Crippen LogP contribution in [0.2, 0.25) is 0 Å². The summed E-state index contributed by atoms with van der Waals surface area (Å²) < 4.78 is 12.6. The first-order chi connectivity index (χ1) is 12.6. The molecule has 4 heterocycles. The zero-order chi connectivity index (χ0) is 18.1. The first kappa shape index (κ1) is 17.0. The van der Waals surface area contributed by atoms with Gasteiger partial charge in [-0.15, -0.1) is 11.3 Å². The van der Waals surface area contributed by atoms with E-state index in [0.717, 1.165) is 22.0 Å². The molecule has 0 aromatic carbocycles. The molecule has 7 nitrogen and oxygen atoms in total. The van der Waals surface area contributed by atoms with Gasteiger partial charge in [-0.25, -0.2) is 0 Å². The van der Waals surface area contributed by atoms with Crippen LogP contribution in [-0.4, -0.2) is 40.1 Å². The van der Waals surface area contributed by atoms with Gasteiger partial charge in [-0.05, 0) is 24.4 Å². The number of hydrogen-bond donors (Lipinski definition) is 1. The van der Waals surface area contributed by atoms with Crippen molar-refractivity contribution >= 4 is 17.2 Å². The molecule has 26 heavy (non-hydrogen) atoms. The van der Waals surface area contributed by atoms with Crippen molar-refractivity contribution in [2.45, 2.75) is 19.4 Å². The number of aryl methyl sites for hydroxylation is 2. The summed E-state index contributed by atoms with van der Waals surface area (Å²) in [5.74, 6) is 0.791. The second-order valence-electron chi connectivity index (χ2n) is 6.53. The molecule has 3 aromatic rings. The van der Waals surface area contributed by atoms with Crippen LogP contribution in [0.4, 0.5) is 0 Å². The first-order valence-electron chi connectivity index (χ1n) is 8.49. The minimum atomic E-state index is -0.183. The fraction of sp³-hybridized carbons (Fsp3) is 0.389. The lowest BCUT2D eigenvalue weighted by molar-refractivity contribution is 0.0918. The summed E-state index contributed by atoms with van der Waals surface area (Å²) in [6.07, 6.45) is 0.689. The molecule has 4 rings (SSSR count). The average Bonchev–Trinajstić information content (AvgIpc) is 3.37. The largest absolute Gasteiger partial charge is 0.379 e. The Morgan fingerprint density at radius 3 is 3.04 bits per heavy atom. The highest BCUT2D eigenvalue weighted by molar-refractivity contribution is 7.13. The summed E-state index contributed by atoms with van der Waals surface area (Å²) in [5.41, 5.74) is 2.20. The van der Waals surface area contributed by atoms with Gasteiger partial charge in [-0.1, -0.05) is 11.2 Å². The summed E-state index contributed by atoms with van der Waals surface area (Å²) in [5, 5.41) is 13.3. The quantitative estimate of drug-likeness (QED) is 0.744. The summed E-state index contributed by atoms with van der Waals surface area (Å²) in [6.45, 7) is 2.98. The van der Waals surface area contributed by atoms with Crippen LogP contribution in [0.5, 0.6) is 0 Å². The van der Waals surface area contributed by atoms with Crippen molar-refractivity contribution in [2.24, 2.45) is 13.0 Å². The highest BCUT2D eigenvalue weighted by Crippen LogP contribution is 2.25. The summed E-state index contributed by atoms with van der Waals surface area (Å²) in [7, 11) is 1.85. The molecule has 136 valence electrons. The van der Waals surface area contributed by atoms with Crippen LogP contribution in [0.15, 0.2) is 34.2 Å². The van der Waals surface area contributed by atoms with E-state index in [2.05, 4.69) is 15.6 Å². The molecule has 1 fully saturated rings. The van der Waals surface area contributed by atoms with Gasteiger partial charge in [-0.3, -0.25) is 9.48 Å². The maximum absolute atomic E-state index is 12.7. The van der Waals surface area contributed by atoms with Crippen molar-refractivity contribution < 1.29 is 14.1 Å². The number of carbonyl (C=O) groups excluding carboxylic acids is 1. The van der Waals surface area contributed by atoms with Gasteiger partial charge >= 0.3 is 0 Å². The number of thiophene rings is 1. The molecule has 0 bridgehead atoms. The number of aromatic nitrogens is 3. The summed E-state index contributed by atoms with van der Waals surface area (Å²) >= 11 is 1.62. The highest BCUT2D eigenvalue weighted by atomic mass is 32.1. The third kappa shape index (κ3) is 3.42. The molecule has 1 saturated heterocycles. The molecule has 2 atom stereocenters. The van der Waals surface area contributed by atoms with Gasteiger partial charge in [0.05, 0.1) is 35.5 Å². The zero-order valence-electron chi connectivity index (χ0n) is 14.6. The SMILES string of the molecule is Cc1cc(CC2COCC2NC(=O)c2cc(-c3cccs3)n(C)n2)on1. The number of carbonyl (C=O) groups is 1. The molecule has 0 radical (unpaired) electrons. The Balaban J connectivity index is 1.45. The minimum Gasteiger partial charge on any atom is -0.379 e. The molecule has 1 aliphatic heterocycles. The first-order valence-corrected chi connectivity index (χ1v) is 9.37. The smallest absolute Gasteiger partial charge is 0.272 e. The van der Waals surface area contributed by atoms with Crippen molar-refractivity contribution in [3.8, 4) is 10.6 Å². The second kappa shape index (κ2) is 7.05. The molecule has 0 spiro atoms. The van der Waals surface area contributed by atoms with Crippen molar-refractivity contribution in [3.05, 3.63) is 46.8 Å². The van der Waals surface area contributed by atoms with E-state index >= 15 is 0 Å². The number of nitrogens with zero attached hydrogens (tertiary/aromatic N) is 3. The molecule has 8 heteroatoms. The molecule has 1 N–H and O–H groups in total. The van der Waals surface area contributed by atoms with Crippen LogP contribution in [0.25, 0.3) is 10.6 Å². The number of rotatable bonds is 5. The molecule has 0 saturated carbocycles. The summed E-state index contributed by atoms with van der Waals surface area (Å²) in [6, 6.07) is 7.68. The predicted octanol–water partition coefficient (Wildman–Crippen LogP) is 2.43. The van der Waals surface area contributed by atoms with Crippen LogP contribution in [0.1, 0.15) is 21.9 Å². The van der Waals surface area contributed by atoms with Gasteiger partial charge in [0.15, 0.2) is 5.69 Å². The number of nitrogens with one attached hydrogen (secondary N) is 1. The van der Waals surface area contributed by atoms with Crippen molar-refractivity contribution in [1.82, 2.24) is 20.3 Å². The zero-order valence-corrected chi connectivity index (χ0v) is 15.5. The van der Waals surface area contributed by atoms with Crippen LogP contribution in [0, 0.1) is 12.8 Å². The van der Waals surface area contributed by atoms with Crippen molar-refractivity contribution in [2.75, 3.05) is 13.2 Å². The Kier molecular flexibility index (Phi) is 4.60. The fourth-order valence-corrected chi connectivity index (χ4v) is 3.98. The molecule has 2 unspecified atom stereocenters. The summed E-state index contributed by atoms with van der Waals surface area (Å²) in [4.78, 5) is 13.7. The van der Waals surface area contributed by atoms with Crippen LogP contribution in [-0.2, 0) is 18.2 Å². The van der Waals surface area contributed by atoms with Gasteiger partial charge in [0.2, 0.25) is 0 Å². The van der Waals surface area contributed by atoms with Crippen LogP contribution >= 0.6 is 11.3 Å². The molecular weight excluding hydrogens is 352 g/mol. The third-order valence-electron chi connectivity index (χ3n) is 4.54. The lowest BCUT2D eigenvalue weighted by Crippen LogP contribution is -2.40. The van der Waals surface area contributed by atoms with Crippen molar-refractivity contribution in [3.63, 3.8) is 0 Å². The van der Waals surface area contributed by atoms with Gasteiger partial charge in [0.25, 0.3) is 5.91 Å². The van der Waals surface area contributed by atoms with Crippen molar-refractivity contribution in [1.29, 1.82) is 0 Å². The molecule has 3 aromatic heterocycles. The monoisotopic (exact) mass is 372 g/mol. The maximum Gasteiger partial charge on any atom is 0.272 e. The minimum absolute atomic E-state index is 0.0694. The third-order valence-corrected chi connectivity index (χ3v) is 5.43. The Morgan fingerprint density at radius 2 is 2.31 bits per heavy atom. The van der Waals surface area contributed by atoms with E-state index in [9.17, 15) is 4.79 Å². The fourth-order valence-electron chi connectivity index (χ4n) is 3.21. The molecule has 1 aliphatic rings. The van der Waals surface area contributed by atoms with E-state index in [4.69, 9.17) is 9.26 Å². The van der Waals surface area contributed by atoms with E-state index in [0.29, 0.717) is 25.3 Å². The standard InChI is InChI=1S/C18H20N4O3S/c1-11-6-13(25-21-11)7-12-9-24-10-15(12)19-18(23)14-8-16(22(2)20-14)17-4-3-5-26-17/h3-6,8,12,15H,7,9-10H2,1-2H3,(H,19,23). The van der Waals surface area contributed by atoms with E-state index in [-0.39, 0.29) is 17.9 Å². The van der Waals surface area contributed by atoms with E-state index in [1.807, 2.05) is 43.6 Å². The van der Waals surface area contributed by atoms with Gasteiger partial charge < -0.3 is 14.6 Å². The van der Waals surface area contributed by atoms with E-state index in [1.165, 1.54) is 0 Å². The average molecular weight is 372 g/mol. The Hall–Kier alpha value is -2.45. The number of amides is 1. The van der Waals surface area contributed by atoms with Crippen LogP contribution in [0.3, 0.4) is 0 Å². The molecule has 0 aliphatic carbocycles. The van der Waals surface area contributed by atoms with Crippen LogP contribution < -0.4 is 5.32 Å². The number of hydrogen-bond acceptors (Lipinski definition) is 6. The van der Waals surface area contributed by atoms with E-state index in [1.54, 1.807) is 16.0 Å². The predicted molar refractivity (Wildman–Crippen MR) is 97.0 cm³/mol. The Labute approximate surface area is 154 Å². The van der Waals surface area contributed by atoms with Gasteiger partial charge in [0, 0.05) is 25.5 Å².